The van der Waals surface area contributed by atoms with Gasteiger partial charge in [-0.25, -0.2) is 0 Å². The Balaban J connectivity index is 1.86. The van der Waals surface area contributed by atoms with E-state index in [1.165, 1.54) is 26.7 Å². The van der Waals surface area contributed by atoms with Gasteiger partial charge in [0.2, 0.25) is 5.78 Å². The number of rotatable bonds is 5. The Kier molecular flexibility index (Phi) is 4.40. The number of aryl methyl sites for hydroxylation is 1. The molecule has 0 saturated heterocycles. The van der Waals surface area contributed by atoms with E-state index in [1.807, 2.05) is 18.2 Å². The van der Waals surface area contributed by atoms with Crippen LogP contribution in [0.3, 0.4) is 0 Å². The molecular formula is C21H20NOS2+. The zero-order valence-corrected chi connectivity index (χ0v) is 16.0. The maximum Gasteiger partial charge on any atom is 0.216 e. The smallest absolute Gasteiger partial charge is 0.216 e. The Hall–Kier alpha value is -2.04. The molecule has 0 N–H and O–H groups in total. The second-order valence-electron chi connectivity index (χ2n) is 6.05. The largest absolute Gasteiger partial charge is 0.341 e. The second kappa shape index (κ2) is 6.70. The fourth-order valence-electron chi connectivity index (χ4n) is 3.39. The molecule has 0 atom stereocenters. The number of ketones is 1. The fraction of sp³-hybridized carbons (Fsp3) is 0.190. The van der Waals surface area contributed by atoms with E-state index in [2.05, 4.69) is 58.8 Å². The average molecular weight is 367 g/mol. The molecular weight excluding hydrogens is 346 g/mol. The topological polar surface area (TPSA) is 22.0 Å². The predicted octanol–water partition coefficient (Wildman–Crippen LogP) is 6.17. The van der Waals surface area contributed by atoms with Crippen LogP contribution < -0.4 is 0 Å². The van der Waals surface area contributed by atoms with Gasteiger partial charge in [-0.1, -0.05) is 0 Å². The van der Waals surface area contributed by atoms with E-state index >= 15 is 0 Å². The van der Waals surface area contributed by atoms with Crippen molar-refractivity contribution < 1.29 is 4.79 Å². The molecule has 4 aromatic rings. The van der Waals surface area contributed by atoms with Crippen LogP contribution in [0.25, 0.3) is 21.8 Å². The molecule has 0 spiro atoms. The third-order valence-electron chi connectivity index (χ3n) is 4.63. The van der Waals surface area contributed by atoms with Gasteiger partial charge in [0.25, 0.3) is 0 Å². The lowest BCUT2D eigenvalue weighted by atomic mass is 10.1. The van der Waals surface area contributed by atoms with Crippen molar-refractivity contribution in [3.05, 3.63) is 64.9 Å². The van der Waals surface area contributed by atoms with Gasteiger partial charge >= 0.3 is 0 Å². The highest BCUT2D eigenvalue weighted by atomic mass is 32.2. The molecule has 2 nitrogen and oxygen atoms in total. The molecule has 25 heavy (non-hydrogen) atoms. The maximum absolute atomic E-state index is 12.7. The first kappa shape index (κ1) is 16.4. The minimum atomic E-state index is -0.0394. The molecule has 0 bridgehead atoms. The third-order valence-corrected chi connectivity index (χ3v) is 6.96. The minimum Gasteiger partial charge on any atom is -0.341 e. The highest BCUT2D eigenvalue weighted by Crippen LogP contribution is 2.33. The van der Waals surface area contributed by atoms with Gasteiger partial charge in [-0.05, 0) is 72.2 Å². The van der Waals surface area contributed by atoms with Crippen molar-refractivity contribution in [2.24, 2.45) is 0 Å². The van der Waals surface area contributed by atoms with Gasteiger partial charge in [-0.15, -0.1) is 11.8 Å². The molecule has 0 fully saturated rings. The summed E-state index contributed by atoms with van der Waals surface area (Å²) in [5.74, 6) is 0.793. The fourth-order valence-corrected chi connectivity index (χ4v) is 5.17. The Bertz CT molecular complexity index is 1060. The summed E-state index contributed by atoms with van der Waals surface area (Å²) in [6.45, 7) is 3.09. The Labute approximate surface area is 154 Å². The van der Waals surface area contributed by atoms with E-state index in [4.69, 9.17) is 0 Å². The lowest BCUT2D eigenvalue weighted by Gasteiger charge is -2.03. The minimum absolute atomic E-state index is 0.0394. The van der Waals surface area contributed by atoms with Crippen LogP contribution in [0.15, 0.2) is 64.2 Å². The molecule has 0 aliphatic carbocycles. The predicted molar refractivity (Wildman–Crippen MR) is 110 cm³/mol. The quantitative estimate of drug-likeness (QED) is 0.239. The summed E-state index contributed by atoms with van der Waals surface area (Å²) in [5, 5.41) is 6.65. The van der Waals surface area contributed by atoms with Crippen LogP contribution in [0.4, 0.5) is 0 Å². The number of hydrogen-bond donors (Lipinski definition) is 0. The molecule has 126 valence electrons. The van der Waals surface area contributed by atoms with E-state index in [9.17, 15) is 4.79 Å². The van der Waals surface area contributed by atoms with E-state index in [0.717, 1.165) is 12.1 Å². The highest BCUT2D eigenvalue weighted by molar-refractivity contribution is 7.98. The monoisotopic (exact) mass is 366 g/mol. The van der Waals surface area contributed by atoms with Gasteiger partial charge in [0.05, 0.1) is 0 Å². The summed E-state index contributed by atoms with van der Waals surface area (Å²) in [5.41, 5.74) is 3.26. The van der Waals surface area contributed by atoms with Crippen molar-refractivity contribution in [3.8, 4) is 0 Å². The molecule has 2 heterocycles. The first-order chi connectivity index (χ1) is 12.2. The normalized spacial score (nSPS) is 11.4. The SMILES string of the molecule is CCn1c2ccc(SC)cc2c2cc(C(=O)C[s+]3cccc3)ccc21. The van der Waals surface area contributed by atoms with Crippen LogP contribution in [-0.2, 0) is 12.3 Å². The van der Waals surface area contributed by atoms with Crippen LogP contribution in [0.1, 0.15) is 17.3 Å². The summed E-state index contributed by atoms with van der Waals surface area (Å²) in [6, 6.07) is 16.8. The lowest BCUT2D eigenvalue weighted by molar-refractivity contribution is 0.100. The number of fused-ring (bicyclic) bond motifs is 3. The van der Waals surface area contributed by atoms with Crippen molar-refractivity contribution >= 4 is 49.8 Å². The standard InChI is InChI=1S/C21H20NOS2/c1-3-22-19-8-6-15(21(23)14-25-10-4-5-11-25)12-17(19)18-13-16(24-2)7-9-20(18)22/h4-13H,3,14H2,1-2H3/q+1. The number of carbonyl (C=O) groups excluding carboxylic acids is 1. The molecule has 4 rings (SSSR count). The summed E-state index contributed by atoms with van der Waals surface area (Å²) in [7, 11) is -0.0394. The summed E-state index contributed by atoms with van der Waals surface area (Å²) in [6.07, 6.45) is 2.10. The van der Waals surface area contributed by atoms with Crippen molar-refractivity contribution in [1.29, 1.82) is 0 Å². The molecule has 0 saturated carbocycles. The number of hydrogen-bond acceptors (Lipinski definition) is 2. The first-order valence-corrected chi connectivity index (χ1v) is 11.1. The van der Waals surface area contributed by atoms with Crippen LogP contribution in [-0.4, -0.2) is 16.6 Å². The number of thioether (sulfide) groups is 1. The van der Waals surface area contributed by atoms with Gasteiger partial charge in [-0.2, -0.15) is 0 Å². The number of Topliss-reactive ketones (excluding diaryl/α,β-unsaturated/α-hetero) is 1. The van der Waals surface area contributed by atoms with Gasteiger partial charge in [0.1, 0.15) is 10.8 Å². The van der Waals surface area contributed by atoms with Gasteiger partial charge in [0.15, 0.2) is 5.75 Å². The number of carbonyl (C=O) groups is 1. The van der Waals surface area contributed by atoms with Crippen molar-refractivity contribution in [2.75, 3.05) is 6.26 Å². The van der Waals surface area contributed by atoms with Crippen molar-refractivity contribution in [3.63, 3.8) is 0 Å². The number of aromatic nitrogens is 1. The first-order valence-electron chi connectivity index (χ1n) is 8.38. The van der Waals surface area contributed by atoms with Crippen LogP contribution >= 0.6 is 22.2 Å². The highest BCUT2D eigenvalue weighted by Gasteiger charge is 2.16. The summed E-state index contributed by atoms with van der Waals surface area (Å²) >= 11 is 1.75. The van der Waals surface area contributed by atoms with E-state index in [1.54, 1.807) is 11.8 Å². The van der Waals surface area contributed by atoms with Crippen LogP contribution in [0.2, 0.25) is 0 Å². The van der Waals surface area contributed by atoms with Crippen LogP contribution in [0.5, 0.6) is 0 Å². The van der Waals surface area contributed by atoms with Gasteiger partial charge in [0, 0.05) is 38.8 Å². The Morgan fingerprint density at radius 3 is 2.40 bits per heavy atom. The molecule has 0 radical (unpaired) electrons. The molecule has 0 unspecified atom stereocenters. The van der Waals surface area contributed by atoms with Crippen LogP contribution in [0, 0.1) is 0 Å². The molecule has 0 amide bonds. The molecule has 0 aliphatic heterocycles. The zero-order valence-electron chi connectivity index (χ0n) is 14.4. The average Bonchev–Trinajstić information content (AvgIpc) is 3.26. The Morgan fingerprint density at radius 1 is 1.04 bits per heavy atom. The van der Waals surface area contributed by atoms with Gasteiger partial charge < -0.3 is 4.57 Å². The summed E-state index contributed by atoms with van der Waals surface area (Å²) in [4.78, 5) is 14.0. The van der Waals surface area contributed by atoms with Crippen molar-refractivity contribution in [2.45, 2.75) is 24.1 Å². The molecule has 0 aliphatic rings. The third kappa shape index (κ3) is 2.90. The van der Waals surface area contributed by atoms with E-state index in [-0.39, 0.29) is 16.3 Å². The number of thiophene rings is 1. The molecule has 2 aromatic carbocycles. The number of benzene rings is 2. The summed E-state index contributed by atoms with van der Waals surface area (Å²) < 4.78 is 2.33. The molecule has 4 heteroatoms. The number of nitrogens with zero attached hydrogens (tertiary/aromatic N) is 1. The molecule has 2 aromatic heterocycles. The zero-order chi connectivity index (χ0) is 17.4. The van der Waals surface area contributed by atoms with E-state index in [0.29, 0.717) is 5.75 Å². The van der Waals surface area contributed by atoms with Gasteiger partial charge in [-0.3, -0.25) is 4.79 Å². The van der Waals surface area contributed by atoms with Crippen molar-refractivity contribution in [1.82, 2.24) is 4.57 Å². The Morgan fingerprint density at radius 2 is 1.72 bits per heavy atom. The lowest BCUT2D eigenvalue weighted by Crippen LogP contribution is -1.99. The van der Waals surface area contributed by atoms with E-state index < -0.39 is 0 Å². The maximum atomic E-state index is 12.7. The second-order valence-corrected chi connectivity index (χ2v) is 8.70.